The van der Waals surface area contributed by atoms with E-state index < -0.39 is 0 Å². The number of carbonyl (C=O) groups is 1. The maximum Gasteiger partial charge on any atom is 0.355 e. The lowest BCUT2D eigenvalue weighted by Gasteiger charge is -2.40. The van der Waals surface area contributed by atoms with Crippen LogP contribution < -0.4 is 15.5 Å². The minimum atomic E-state index is -0.383. The molecule has 1 amide bonds. The molecule has 10 heteroatoms. The van der Waals surface area contributed by atoms with E-state index in [1.807, 2.05) is 19.1 Å². The summed E-state index contributed by atoms with van der Waals surface area (Å²) in [6, 6.07) is 8.13. The monoisotopic (exact) mass is 575 g/mol. The van der Waals surface area contributed by atoms with Crippen molar-refractivity contribution >= 4 is 46.9 Å². The lowest BCUT2D eigenvalue weighted by molar-refractivity contribution is -0.126. The van der Waals surface area contributed by atoms with Crippen LogP contribution in [0.1, 0.15) is 44.7 Å². The minimum absolute atomic E-state index is 0.0761. The second-order valence-electron chi connectivity index (χ2n) is 10.8. The molecule has 1 aromatic carbocycles. The number of amides is 1. The van der Waals surface area contributed by atoms with Gasteiger partial charge in [-0.3, -0.25) is 9.79 Å². The molecule has 3 aromatic rings. The summed E-state index contributed by atoms with van der Waals surface area (Å²) in [7, 11) is 0. The smallest absolute Gasteiger partial charge is 0.350 e. The second kappa shape index (κ2) is 12.0. The predicted molar refractivity (Wildman–Crippen MR) is 167 cm³/mol. The van der Waals surface area contributed by atoms with Crippen LogP contribution in [0.15, 0.2) is 46.7 Å². The number of hydrogen-bond acceptors (Lipinski definition) is 7. The Hall–Kier alpha value is -3.72. The van der Waals surface area contributed by atoms with Gasteiger partial charge in [0, 0.05) is 32.2 Å². The van der Waals surface area contributed by atoms with E-state index in [1.54, 1.807) is 9.47 Å². The molecule has 0 aliphatic carbocycles. The third-order valence-corrected chi connectivity index (χ3v) is 8.62. The molecule has 2 atom stereocenters. The van der Waals surface area contributed by atoms with Gasteiger partial charge in [0.15, 0.2) is 5.65 Å². The maximum atomic E-state index is 14.1. The fourth-order valence-electron chi connectivity index (χ4n) is 6.28. The van der Waals surface area contributed by atoms with Gasteiger partial charge >= 0.3 is 5.69 Å². The Bertz CT molecular complexity index is 1530. The molecule has 0 radical (unpaired) electrons. The highest BCUT2D eigenvalue weighted by molar-refractivity contribution is 6.33. The molecule has 2 fully saturated rings. The molecule has 0 bridgehead atoms. The molecular formula is C31H38ClN7O2. The molecule has 5 rings (SSSR count). The number of piperazine rings is 1. The van der Waals surface area contributed by atoms with Gasteiger partial charge in [-0.25, -0.2) is 14.3 Å². The van der Waals surface area contributed by atoms with Crippen molar-refractivity contribution in [3.05, 3.63) is 63.6 Å². The van der Waals surface area contributed by atoms with E-state index in [-0.39, 0.29) is 23.7 Å². The zero-order valence-electron chi connectivity index (χ0n) is 24.1. The van der Waals surface area contributed by atoms with Gasteiger partial charge in [-0.1, -0.05) is 50.2 Å². The standard InChI is InChI=1S/C31H38ClN7O2/c1-6-21-11-9-12-22(7-2)27(21)39-29-24(17-25(32)30(34-29)38-14-10-13-23(38)18-33-5)28(35-31(39)41)37-16-15-36(19-20(37)4)26(40)8-3/h8-9,11-12,17,20,23H,3,5-7,10,13-16,18-19H2,1-2,4H3/t20-,23?/m0/s1. The fourth-order valence-corrected chi connectivity index (χ4v) is 6.54. The average molecular weight is 576 g/mol. The molecule has 0 spiro atoms. The van der Waals surface area contributed by atoms with E-state index in [0.717, 1.165) is 49.0 Å². The molecule has 2 aromatic heterocycles. The molecule has 2 saturated heterocycles. The Morgan fingerprint density at radius 1 is 1.12 bits per heavy atom. The zero-order valence-corrected chi connectivity index (χ0v) is 24.9. The average Bonchev–Trinajstić information content (AvgIpc) is 3.44. The van der Waals surface area contributed by atoms with Crippen LogP contribution in [0, 0.1) is 0 Å². The first-order valence-electron chi connectivity index (χ1n) is 14.4. The predicted octanol–water partition coefficient (Wildman–Crippen LogP) is 4.45. The summed E-state index contributed by atoms with van der Waals surface area (Å²) in [5.74, 6) is 1.09. The van der Waals surface area contributed by atoms with E-state index in [4.69, 9.17) is 16.6 Å². The summed E-state index contributed by atoms with van der Waals surface area (Å²) in [6.45, 7) is 16.5. The summed E-state index contributed by atoms with van der Waals surface area (Å²) < 4.78 is 1.68. The Morgan fingerprint density at radius 2 is 1.85 bits per heavy atom. The van der Waals surface area contributed by atoms with Crippen molar-refractivity contribution in [1.29, 1.82) is 0 Å². The fraction of sp³-hybridized carbons (Fsp3) is 0.452. The van der Waals surface area contributed by atoms with E-state index in [1.165, 1.54) is 6.08 Å². The SMILES string of the molecule is C=CC(=O)N1CCN(c2nc(=O)n(-c3c(CC)cccc3CC)c3nc(N4CCCC4CN=C)c(Cl)cc23)[C@@H](C)C1. The highest BCUT2D eigenvalue weighted by Gasteiger charge is 2.32. The van der Waals surface area contributed by atoms with E-state index >= 15 is 0 Å². The number of aromatic nitrogens is 3. The largest absolute Gasteiger partial charge is 0.355 e. The van der Waals surface area contributed by atoms with Crippen molar-refractivity contribution in [2.45, 2.75) is 58.5 Å². The molecule has 41 heavy (non-hydrogen) atoms. The molecule has 0 saturated carbocycles. The number of anilines is 2. The Kier molecular flexibility index (Phi) is 8.45. The van der Waals surface area contributed by atoms with Gasteiger partial charge in [-0.2, -0.15) is 4.98 Å². The molecule has 2 aliphatic heterocycles. The normalized spacial score (nSPS) is 19.2. The number of para-hydroxylation sites is 1. The van der Waals surface area contributed by atoms with Crippen molar-refractivity contribution in [1.82, 2.24) is 19.4 Å². The maximum absolute atomic E-state index is 14.1. The number of pyridine rings is 1. The summed E-state index contributed by atoms with van der Waals surface area (Å²) in [4.78, 5) is 46.4. The van der Waals surface area contributed by atoms with Crippen LogP contribution in [0.3, 0.4) is 0 Å². The van der Waals surface area contributed by atoms with Gasteiger partial charge in [0.1, 0.15) is 11.6 Å². The van der Waals surface area contributed by atoms with Crippen LogP contribution in [0.2, 0.25) is 5.02 Å². The van der Waals surface area contributed by atoms with Crippen molar-refractivity contribution in [2.24, 2.45) is 4.99 Å². The molecule has 216 valence electrons. The summed E-state index contributed by atoms with van der Waals surface area (Å²) in [5.41, 5.74) is 3.10. The topological polar surface area (TPSA) is 86.9 Å². The van der Waals surface area contributed by atoms with Gasteiger partial charge in [0.25, 0.3) is 0 Å². The molecular weight excluding hydrogens is 538 g/mol. The van der Waals surface area contributed by atoms with Crippen molar-refractivity contribution in [3.8, 4) is 5.69 Å². The van der Waals surface area contributed by atoms with Crippen LogP contribution in [0.5, 0.6) is 0 Å². The third-order valence-electron chi connectivity index (χ3n) is 8.35. The Labute approximate surface area is 246 Å². The summed E-state index contributed by atoms with van der Waals surface area (Å²) >= 11 is 6.99. The van der Waals surface area contributed by atoms with Crippen molar-refractivity contribution in [3.63, 3.8) is 0 Å². The number of nitrogens with zero attached hydrogens (tertiary/aromatic N) is 7. The van der Waals surface area contributed by atoms with Gasteiger partial charge < -0.3 is 14.7 Å². The van der Waals surface area contributed by atoms with Crippen LogP contribution >= 0.6 is 11.6 Å². The van der Waals surface area contributed by atoms with Gasteiger partial charge in [0.2, 0.25) is 5.91 Å². The van der Waals surface area contributed by atoms with Crippen LogP contribution in [-0.2, 0) is 17.6 Å². The minimum Gasteiger partial charge on any atom is -0.350 e. The summed E-state index contributed by atoms with van der Waals surface area (Å²) in [6.07, 6.45) is 4.85. The van der Waals surface area contributed by atoms with Crippen molar-refractivity contribution in [2.75, 3.05) is 42.5 Å². The van der Waals surface area contributed by atoms with Crippen molar-refractivity contribution < 1.29 is 4.79 Å². The van der Waals surface area contributed by atoms with Crippen LogP contribution in [0.25, 0.3) is 16.7 Å². The van der Waals surface area contributed by atoms with Crippen LogP contribution in [-0.4, -0.2) is 76.9 Å². The number of fused-ring (bicyclic) bond motifs is 1. The highest BCUT2D eigenvalue weighted by Crippen LogP contribution is 2.37. The first kappa shape index (κ1) is 28.8. The summed E-state index contributed by atoms with van der Waals surface area (Å²) in [5, 5.41) is 1.22. The number of carbonyl (C=O) groups excluding carboxylic acids is 1. The Morgan fingerprint density at radius 3 is 2.49 bits per heavy atom. The first-order chi connectivity index (χ1) is 19.8. The third kappa shape index (κ3) is 5.23. The quantitative estimate of drug-likeness (QED) is 0.291. The molecule has 1 unspecified atom stereocenters. The van der Waals surface area contributed by atoms with Gasteiger partial charge in [0.05, 0.1) is 28.7 Å². The highest BCUT2D eigenvalue weighted by atomic mass is 35.5. The Balaban J connectivity index is 1.76. The number of benzene rings is 1. The molecule has 2 aliphatic rings. The van der Waals surface area contributed by atoms with E-state index in [2.05, 4.69) is 59.1 Å². The number of rotatable bonds is 8. The number of aliphatic imine (C=N–C) groups is 1. The molecule has 0 N–H and O–H groups in total. The second-order valence-corrected chi connectivity index (χ2v) is 11.2. The lowest BCUT2D eigenvalue weighted by atomic mass is 10.0. The van der Waals surface area contributed by atoms with E-state index in [0.29, 0.717) is 53.9 Å². The number of hydrogen-bond donors (Lipinski definition) is 0. The van der Waals surface area contributed by atoms with Gasteiger partial charge in [-0.05, 0) is 62.6 Å². The number of aryl methyl sites for hydroxylation is 2. The van der Waals surface area contributed by atoms with E-state index in [9.17, 15) is 9.59 Å². The molecule has 4 heterocycles. The number of halogens is 1. The lowest BCUT2D eigenvalue weighted by Crippen LogP contribution is -2.54. The first-order valence-corrected chi connectivity index (χ1v) is 14.8. The van der Waals surface area contributed by atoms with Crippen LogP contribution in [0.4, 0.5) is 11.6 Å². The zero-order chi connectivity index (χ0) is 29.3. The van der Waals surface area contributed by atoms with Gasteiger partial charge in [-0.15, -0.1) is 0 Å². The molecule has 9 nitrogen and oxygen atoms in total.